The van der Waals surface area contributed by atoms with Crippen molar-refractivity contribution in [1.82, 2.24) is 4.90 Å². The zero-order valence-electron chi connectivity index (χ0n) is 14.1. The summed E-state index contributed by atoms with van der Waals surface area (Å²) in [6.07, 6.45) is 3.77. The lowest BCUT2D eigenvalue weighted by atomic mass is 9.85. The van der Waals surface area contributed by atoms with E-state index in [1.54, 1.807) is 12.1 Å². The number of fused-ring (bicyclic) bond motifs is 2. The van der Waals surface area contributed by atoms with Gasteiger partial charge in [-0.15, -0.1) is 0 Å². The molecule has 2 N–H and O–H groups in total. The summed E-state index contributed by atoms with van der Waals surface area (Å²) >= 11 is 12.2. The number of rotatable bonds is 2. The average molecular weight is 393 g/mol. The highest BCUT2D eigenvalue weighted by Gasteiger charge is 2.43. The van der Waals surface area contributed by atoms with Gasteiger partial charge in [-0.3, -0.25) is 4.79 Å². The summed E-state index contributed by atoms with van der Waals surface area (Å²) in [7, 11) is 0. The normalized spacial score (nSPS) is 24.7. The van der Waals surface area contributed by atoms with E-state index in [0.29, 0.717) is 27.2 Å². The van der Waals surface area contributed by atoms with E-state index in [9.17, 15) is 9.18 Å². The number of hydrogen-bond donors (Lipinski definition) is 1. The van der Waals surface area contributed by atoms with Crippen LogP contribution in [0.1, 0.15) is 47.5 Å². The number of carbonyl (C=O) groups is 1. The van der Waals surface area contributed by atoms with Gasteiger partial charge in [0, 0.05) is 17.6 Å². The highest BCUT2D eigenvalue weighted by atomic mass is 35.5. The maximum absolute atomic E-state index is 13.2. The van der Waals surface area contributed by atoms with Crippen molar-refractivity contribution in [2.75, 3.05) is 5.73 Å². The van der Waals surface area contributed by atoms with Crippen LogP contribution >= 0.6 is 23.2 Å². The number of nitrogens with two attached hydrogens (primary N) is 1. The molecular formula is C20H19Cl2FN2O. The summed E-state index contributed by atoms with van der Waals surface area (Å²) in [6, 6.07) is 10.3. The van der Waals surface area contributed by atoms with Crippen molar-refractivity contribution in [2.24, 2.45) is 0 Å². The molecule has 3 atom stereocenters. The molecule has 0 radical (unpaired) electrons. The van der Waals surface area contributed by atoms with Crippen LogP contribution in [-0.4, -0.2) is 22.9 Å². The number of benzene rings is 2. The number of nitrogens with zero attached hydrogens (tertiary/aromatic N) is 1. The zero-order valence-corrected chi connectivity index (χ0v) is 15.6. The number of piperidine rings is 1. The SMILES string of the molecule is Nc1c(Cl)cc(C(=O)N2[C@@H]3CC[C@H]2C[C@@H](c2ccc(F)cc2)C3)cc1Cl. The molecule has 0 aromatic heterocycles. The number of nitrogen functional groups attached to an aromatic ring is 1. The third-order valence-electron chi connectivity index (χ3n) is 5.64. The van der Waals surface area contributed by atoms with E-state index >= 15 is 0 Å². The smallest absolute Gasteiger partial charge is 0.254 e. The van der Waals surface area contributed by atoms with Crippen LogP contribution in [0.5, 0.6) is 0 Å². The summed E-state index contributed by atoms with van der Waals surface area (Å²) < 4.78 is 13.2. The third kappa shape index (κ3) is 3.06. The maximum atomic E-state index is 13.2. The van der Waals surface area contributed by atoms with E-state index in [1.165, 1.54) is 12.1 Å². The lowest BCUT2D eigenvalue weighted by molar-refractivity contribution is 0.0571. The van der Waals surface area contributed by atoms with Gasteiger partial charge in [0.25, 0.3) is 5.91 Å². The second-order valence-electron chi connectivity index (χ2n) is 7.17. The van der Waals surface area contributed by atoms with Crippen molar-refractivity contribution < 1.29 is 9.18 Å². The fraction of sp³-hybridized carbons (Fsp3) is 0.350. The first kappa shape index (κ1) is 17.6. The van der Waals surface area contributed by atoms with Crippen LogP contribution in [0.25, 0.3) is 0 Å². The molecule has 2 aliphatic rings. The van der Waals surface area contributed by atoms with Crippen molar-refractivity contribution in [3.05, 3.63) is 63.4 Å². The van der Waals surface area contributed by atoms with Gasteiger partial charge in [-0.1, -0.05) is 35.3 Å². The van der Waals surface area contributed by atoms with E-state index in [4.69, 9.17) is 28.9 Å². The summed E-state index contributed by atoms with van der Waals surface area (Å²) in [5.41, 5.74) is 7.69. The van der Waals surface area contributed by atoms with E-state index in [1.807, 2.05) is 17.0 Å². The molecule has 2 heterocycles. The summed E-state index contributed by atoms with van der Waals surface area (Å²) in [5.74, 6) is 0.0936. The molecule has 2 aliphatic heterocycles. The van der Waals surface area contributed by atoms with Crippen LogP contribution in [0, 0.1) is 5.82 Å². The Morgan fingerprint density at radius 3 is 2.12 bits per heavy atom. The molecule has 1 amide bonds. The molecule has 3 nitrogen and oxygen atoms in total. The fourth-order valence-corrected chi connectivity index (χ4v) is 4.86. The summed E-state index contributed by atoms with van der Waals surface area (Å²) in [4.78, 5) is 15.1. The van der Waals surface area contributed by atoms with Crippen LogP contribution < -0.4 is 5.73 Å². The minimum absolute atomic E-state index is 0.0427. The van der Waals surface area contributed by atoms with E-state index in [-0.39, 0.29) is 23.8 Å². The minimum atomic E-state index is -0.221. The van der Waals surface area contributed by atoms with Gasteiger partial charge in [-0.25, -0.2) is 4.39 Å². The second kappa shape index (κ2) is 6.75. The Hall–Kier alpha value is -1.78. The number of carbonyl (C=O) groups excluding carboxylic acids is 1. The highest BCUT2D eigenvalue weighted by Crippen LogP contribution is 2.44. The Labute approximate surface area is 161 Å². The highest BCUT2D eigenvalue weighted by molar-refractivity contribution is 6.39. The van der Waals surface area contributed by atoms with Crippen LogP contribution in [0.2, 0.25) is 10.0 Å². The molecule has 6 heteroatoms. The van der Waals surface area contributed by atoms with Crippen molar-refractivity contribution in [3.63, 3.8) is 0 Å². The Morgan fingerprint density at radius 1 is 1.04 bits per heavy atom. The van der Waals surface area contributed by atoms with Crippen molar-refractivity contribution >= 4 is 34.8 Å². The van der Waals surface area contributed by atoms with Crippen LogP contribution in [0.15, 0.2) is 36.4 Å². The quantitative estimate of drug-likeness (QED) is 0.707. The monoisotopic (exact) mass is 392 g/mol. The molecule has 0 spiro atoms. The standard InChI is InChI=1S/C20H19Cl2FN2O/c21-17-9-13(10-18(22)19(17)24)20(26)25-15-5-6-16(25)8-12(7-15)11-1-3-14(23)4-2-11/h1-4,9-10,12,15-16H,5-8,24H2/t12-,15+,16-. The van der Waals surface area contributed by atoms with Crippen molar-refractivity contribution in [3.8, 4) is 0 Å². The molecule has 2 bridgehead atoms. The Morgan fingerprint density at radius 2 is 1.58 bits per heavy atom. The molecule has 2 fully saturated rings. The molecule has 4 rings (SSSR count). The summed E-state index contributed by atoms with van der Waals surface area (Å²) in [6.45, 7) is 0. The van der Waals surface area contributed by atoms with Gasteiger partial charge in [0.1, 0.15) is 5.82 Å². The van der Waals surface area contributed by atoms with Crippen molar-refractivity contribution in [2.45, 2.75) is 43.7 Å². The average Bonchev–Trinajstić information content (AvgIpc) is 2.88. The zero-order chi connectivity index (χ0) is 18.4. The van der Waals surface area contributed by atoms with Gasteiger partial charge >= 0.3 is 0 Å². The van der Waals surface area contributed by atoms with Crippen molar-refractivity contribution in [1.29, 1.82) is 0 Å². The van der Waals surface area contributed by atoms with Gasteiger partial charge in [-0.05, 0) is 61.4 Å². The molecule has 26 heavy (non-hydrogen) atoms. The second-order valence-corrected chi connectivity index (χ2v) is 7.99. The topological polar surface area (TPSA) is 46.3 Å². The summed E-state index contributed by atoms with van der Waals surface area (Å²) in [5, 5.41) is 0.601. The van der Waals surface area contributed by atoms with E-state index in [2.05, 4.69) is 0 Å². The molecule has 0 aliphatic carbocycles. The molecule has 0 saturated carbocycles. The first-order valence-electron chi connectivity index (χ1n) is 8.76. The lowest BCUT2D eigenvalue weighted by Crippen LogP contribution is -2.46. The van der Waals surface area contributed by atoms with Gasteiger partial charge in [0.2, 0.25) is 0 Å². The Kier molecular flexibility index (Phi) is 4.57. The van der Waals surface area contributed by atoms with E-state index in [0.717, 1.165) is 31.2 Å². The molecule has 2 aromatic carbocycles. The Balaban J connectivity index is 1.56. The van der Waals surface area contributed by atoms with E-state index < -0.39 is 0 Å². The Bertz CT molecular complexity index is 818. The first-order valence-corrected chi connectivity index (χ1v) is 9.52. The lowest BCUT2D eigenvalue weighted by Gasteiger charge is -2.39. The molecule has 2 aromatic rings. The predicted molar refractivity (Wildman–Crippen MR) is 102 cm³/mol. The van der Waals surface area contributed by atoms with Gasteiger partial charge < -0.3 is 10.6 Å². The third-order valence-corrected chi connectivity index (χ3v) is 6.26. The minimum Gasteiger partial charge on any atom is -0.396 e. The maximum Gasteiger partial charge on any atom is 0.254 e. The number of anilines is 1. The number of halogens is 3. The van der Waals surface area contributed by atoms with Gasteiger partial charge in [-0.2, -0.15) is 0 Å². The number of hydrogen-bond acceptors (Lipinski definition) is 2. The molecule has 2 saturated heterocycles. The van der Waals surface area contributed by atoms with Gasteiger partial charge in [0.15, 0.2) is 0 Å². The number of amides is 1. The molecule has 136 valence electrons. The van der Waals surface area contributed by atoms with Crippen LogP contribution in [0.4, 0.5) is 10.1 Å². The van der Waals surface area contributed by atoms with Crippen LogP contribution in [0.3, 0.4) is 0 Å². The predicted octanol–water partition coefficient (Wildman–Crippen LogP) is 5.27. The first-order chi connectivity index (χ1) is 12.4. The largest absolute Gasteiger partial charge is 0.396 e. The molecule has 0 unspecified atom stereocenters. The fourth-order valence-electron chi connectivity index (χ4n) is 4.37. The van der Waals surface area contributed by atoms with Crippen LogP contribution in [-0.2, 0) is 0 Å². The molecular weight excluding hydrogens is 374 g/mol. The van der Waals surface area contributed by atoms with Gasteiger partial charge in [0.05, 0.1) is 15.7 Å².